The normalized spacial score (nSPS) is 31.4. The van der Waals surface area contributed by atoms with Gasteiger partial charge in [0.25, 0.3) is 0 Å². The molecule has 13 nitrogen and oxygen atoms in total. The van der Waals surface area contributed by atoms with Gasteiger partial charge in [0, 0.05) is 12.7 Å². The Hall–Kier alpha value is -3.00. The molecular weight excluding hydrogens is 460 g/mol. The fourth-order valence-corrected chi connectivity index (χ4v) is 4.37. The van der Waals surface area contributed by atoms with Gasteiger partial charge in [-0.15, -0.1) is 0 Å². The van der Waals surface area contributed by atoms with Crippen LogP contribution in [0.25, 0.3) is 11.0 Å². The Kier molecular flexibility index (Phi) is 6.86. The molecule has 0 unspecified atom stereocenters. The summed E-state index contributed by atoms with van der Waals surface area (Å²) >= 11 is 0. The number of hydrogen-bond donors (Lipinski definition) is 6. The molecule has 6 N–H and O–H groups in total. The van der Waals surface area contributed by atoms with E-state index in [1.807, 2.05) is 0 Å². The van der Waals surface area contributed by atoms with Crippen LogP contribution in [0.4, 0.5) is 10.6 Å². The molecule has 4 rings (SSSR count). The number of aliphatic hydroxyl groups excluding tert-OH is 3. The smallest absolute Gasteiger partial charge is 0.411 e. The Morgan fingerprint density at radius 2 is 1.97 bits per heavy atom. The number of fused-ring (bicyclic) bond motifs is 1. The van der Waals surface area contributed by atoms with E-state index in [4.69, 9.17) is 9.47 Å². The van der Waals surface area contributed by atoms with E-state index in [-0.39, 0.29) is 13.0 Å². The Morgan fingerprint density at radius 3 is 2.69 bits per heavy atom. The minimum Gasteiger partial charge on any atom is -0.444 e. The third-order valence-electron chi connectivity index (χ3n) is 6.09. The number of aliphatic hydroxyl groups is 3. The fraction of sp³-hybridized carbons (Fsp3) is 0.636. The number of aromatic amines is 1. The number of carbonyl (C=O) groups excluding carboxylic acids is 2. The van der Waals surface area contributed by atoms with E-state index in [9.17, 15) is 24.9 Å². The SMILES string of the molecule is C[C@@H]1O[C@H](Nc2ncnc3cc[nH]c23)[C@@H](O)[C@H](O)[C@H]1NC(=O)[C@H]1[C@@H](O)CCN1C(=O)OC(C)(C)C. The first-order valence-electron chi connectivity index (χ1n) is 11.5. The van der Waals surface area contributed by atoms with Crippen molar-refractivity contribution in [2.45, 2.75) is 82.4 Å². The molecule has 2 amide bonds. The van der Waals surface area contributed by atoms with Crippen LogP contribution in [-0.2, 0) is 14.3 Å². The average molecular weight is 493 g/mol. The molecule has 2 saturated heterocycles. The van der Waals surface area contributed by atoms with Gasteiger partial charge < -0.3 is 40.4 Å². The Bertz CT molecular complexity index is 1070. The lowest BCUT2D eigenvalue weighted by Crippen LogP contribution is -2.66. The van der Waals surface area contributed by atoms with Crippen LogP contribution in [0.3, 0.4) is 0 Å². The van der Waals surface area contributed by atoms with E-state index in [0.29, 0.717) is 16.9 Å². The summed E-state index contributed by atoms with van der Waals surface area (Å²) in [7, 11) is 0. The third kappa shape index (κ3) is 5.17. The van der Waals surface area contributed by atoms with E-state index < -0.39 is 60.3 Å². The number of nitrogens with zero attached hydrogens (tertiary/aromatic N) is 3. The minimum atomic E-state index is -1.42. The Morgan fingerprint density at radius 1 is 1.23 bits per heavy atom. The van der Waals surface area contributed by atoms with Crippen LogP contribution in [0, 0.1) is 0 Å². The second kappa shape index (κ2) is 9.57. The van der Waals surface area contributed by atoms with Gasteiger partial charge in [0.15, 0.2) is 12.0 Å². The molecule has 2 aromatic rings. The van der Waals surface area contributed by atoms with Gasteiger partial charge in [-0.1, -0.05) is 0 Å². The molecule has 0 saturated carbocycles. The van der Waals surface area contributed by atoms with Crippen molar-refractivity contribution in [3.63, 3.8) is 0 Å². The highest BCUT2D eigenvalue weighted by Gasteiger charge is 2.47. The van der Waals surface area contributed by atoms with Crippen LogP contribution in [0.5, 0.6) is 0 Å². The van der Waals surface area contributed by atoms with Crippen LogP contribution in [0.1, 0.15) is 34.1 Å². The maximum absolute atomic E-state index is 13.1. The number of anilines is 1. The van der Waals surface area contributed by atoms with Crippen LogP contribution >= 0.6 is 0 Å². The second-order valence-electron chi connectivity index (χ2n) is 9.86. The molecule has 13 heteroatoms. The molecule has 35 heavy (non-hydrogen) atoms. The van der Waals surface area contributed by atoms with Gasteiger partial charge in [0.1, 0.15) is 35.7 Å². The number of H-pyrrole nitrogens is 1. The minimum absolute atomic E-state index is 0.147. The van der Waals surface area contributed by atoms with Crippen LogP contribution in [0.2, 0.25) is 0 Å². The first-order valence-corrected chi connectivity index (χ1v) is 11.5. The summed E-state index contributed by atoms with van der Waals surface area (Å²) in [5.74, 6) is -0.295. The highest BCUT2D eigenvalue weighted by atomic mass is 16.6. The van der Waals surface area contributed by atoms with Gasteiger partial charge in [-0.25, -0.2) is 14.8 Å². The molecule has 0 spiro atoms. The number of likely N-dealkylation sites (tertiary alicyclic amines) is 1. The van der Waals surface area contributed by atoms with Crippen molar-refractivity contribution >= 4 is 28.9 Å². The molecule has 192 valence electrons. The van der Waals surface area contributed by atoms with Crippen LogP contribution in [0.15, 0.2) is 18.6 Å². The Balaban J connectivity index is 1.44. The predicted octanol–water partition coefficient (Wildman–Crippen LogP) is -0.308. The number of amides is 2. The molecule has 2 fully saturated rings. The predicted molar refractivity (Wildman–Crippen MR) is 123 cm³/mol. The van der Waals surface area contributed by atoms with E-state index in [1.54, 1.807) is 40.0 Å². The van der Waals surface area contributed by atoms with Gasteiger partial charge in [-0.2, -0.15) is 0 Å². The van der Waals surface area contributed by atoms with Gasteiger partial charge in [0.05, 0.1) is 23.8 Å². The van der Waals surface area contributed by atoms with Crippen molar-refractivity contribution in [3.8, 4) is 0 Å². The second-order valence-corrected chi connectivity index (χ2v) is 9.86. The van der Waals surface area contributed by atoms with Crippen LogP contribution in [-0.4, -0.2) is 102 Å². The summed E-state index contributed by atoms with van der Waals surface area (Å²) in [5.41, 5.74) is 0.504. The largest absolute Gasteiger partial charge is 0.444 e. The molecule has 0 aromatic carbocycles. The first kappa shape index (κ1) is 25.1. The zero-order valence-corrected chi connectivity index (χ0v) is 20.0. The quantitative estimate of drug-likeness (QED) is 0.331. The molecule has 0 bridgehead atoms. The number of rotatable bonds is 4. The number of hydrogen-bond acceptors (Lipinski definition) is 10. The topological polar surface area (TPSA) is 182 Å². The van der Waals surface area contributed by atoms with Crippen molar-refractivity contribution in [2.24, 2.45) is 0 Å². The molecule has 7 atom stereocenters. The highest BCUT2D eigenvalue weighted by molar-refractivity contribution is 5.87. The lowest BCUT2D eigenvalue weighted by Gasteiger charge is -2.42. The zero-order valence-electron chi connectivity index (χ0n) is 20.0. The summed E-state index contributed by atoms with van der Waals surface area (Å²) in [5, 5.41) is 37.5. The van der Waals surface area contributed by atoms with Crippen molar-refractivity contribution in [1.82, 2.24) is 25.2 Å². The molecule has 2 aliphatic rings. The number of ether oxygens (including phenoxy) is 2. The van der Waals surface area contributed by atoms with Crippen molar-refractivity contribution < 1.29 is 34.4 Å². The summed E-state index contributed by atoms with van der Waals surface area (Å²) in [6.07, 6.45) is -3.13. The van der Waals surface area contributed by atoms with E-state index in [0.717, 1.165) is 0 Å². The number of nitrogens with one attached hydrogen (secondary N) is 3. The van der Waals surface area contributed by atoms with Crippen LogP contribution < -0.4 is 10.6 Å². The van der Waals surface area contributed by atoms with E-state index in [2.05, 4.69) is 25.6 Å². The molecule has 0 radical (unpaired) electrons. The lowest BCUT2D eigenvalue weighted by atomic mass is 9.95. The maximum atomic E-state index is 13.1. The van der Waals surface area contributed by atoms with Crippen molar-refractivity contribution in [2.75, 3.05) is 11.9 Å². The summed E-state index contributed by atoms with van der Waals surface area (Å²) in [6, 6.07) is -0.430. The third-order valence-corrected chi connectivity index (χ3v) is 6.09. The summed E-state index contributed by atoms with van der Waals surface area (Å²) < 4.78 is 11.2. The van der Waals surface area contributed by atoms with E-state index in [1.165, 1.54) is 11.2 Å². The van der Waals surface area contributed by atoms with Gasteiger partial charge in [-0.05, 0) is 40.2 Å². The fourth-order valence-electron chi connectivity index (χ4n) is 4.37. The van der Waals surface area contributed by atoms with Gasteiger partial charge in [-0.3, -0.25) is 9.69 Å². The van der Waals surface area contributed by atoms with E-state index >= 15 is 0 Å². The molecule has 2 aliphatic heterocycles. The average Bonchev–Trinajstić information content (AvgIpc) is 3.41. The van der Waals surface area contributed by atoms with Gasteiger partial charge >= 0.3 is 6.09 Å². The molecule has 4 heterocycles. The van der Waals surface area contributed by atoms with Crippen molar-refractivity contribution in [1.29, 1.82) is 0 Å². The zero-order chi connectivity index (χ0) is 25.5. The van der Waals surface area contributed by atoms with Gasteiger partial charge in [0.2, 0.25) is 5.91 Å². The summed E-state index contributed by atoms with van der Waals surface area (Å²) in [6.45, 7) is 6.90. The maximum Gasteiger partial charge on any atom is 0.411 e. The Labute approximate surface area is 201 Å². The first-order chi connectivity index (χ1) is 16.5. The molecule has 2 aromatic heterocycles. The summed E-state index contributed by atoms with van der Waals surface area (Å²) in [4.78, 5) is 38.1. The number of aromatic nitrogens is 3. The standard InChI is InChI=1S/C22H32N6O7/c1-10-13(26-19(32)15-12(29)6-8-28(15)21(33)35-22(2,3)4)16(30)17(31)20(34-10)27-18-14-11(5-7-23-14)24-9-25-18/h5,7,9-10,12-13,15-17,20,23,29-31H,6,8H2,1-4H3,(H,26,32)(H,24,25,27)/t10-,12-,13-,15+,16+,17-,20-/m0/s1. The monoisotopic (exact) mass is 492 g/mol. The van der Waals surface area contributed by atoms with Crippen molar-refractivity contribution in [3.05, 3.63) is 18.6 Å². The molecule has 0 aliphatic carbocycles. The highest BCUT2D eigenvalue weighted by Crippen LogP contribution is 2.26. The molecular formula is C22H32N6O7. The number of carbonyl (C=O) groups is 2. The lowest BCUT2D eigenvalue weighted by molar-refractivity contribution is -0.173.